The van der Waals surface area contributed by atoms with Crippen molar-refractivity contribution in [2.24, 2.45) is 0 Å². The fourth-order valence-corrected chi connectivity index (χ4v) is 1.58. The fourth-order valence-electron chi connectivity index (χ4n) is 1.58. The summed E-state index contributed by atoms with van der Waals surface area (Å²) in [4.78, 5) is 12.9. The molecule has 3 nitrogen and oxygen atoms in total. The third-order valence-electron chi connectivity index (χ3n) is 2.33. The van der Waals surface area contributed by atoms with E-state index in [1.807, 2.05) is 11.0 Å². The standard InChI is InChI=1S/C9H12N2O/c1-8(12)11-6-5-10-4-2-3-9(10)7-11/h2-4H,5-7H2,1H3. The molecule has 0 spiro atoms. The van der Waals surface area contributed by atoms with Crippen LogP contribution in [-0.4, -0.2) is 21.9 Å². The van der Waals surface area contributed by atoms with Gasteiger partial charge >= 0.3 is 0 Å². The molecule has 0 atom stereocenters. The van der Waals surface area contributed by atoms with Gasteiger partial charge in [-0.1, -0.05) is 0 Å². The van der Waals surface area contributed by atoms with E-state index in [2.05, 4.69) is 16.8 Å². The van der Waals surface area contributed by atoms with Crippen LogP contribution in [0, 0.1) is 0 Å². The Morgan fingerprint density at radius 2 is 2.33 bits per heavy atom. The second-order valence-corrected chi connectivity index (χ2v) is 3.13. The maximum atomic E-state index is 11.0. The number of rotatable bonds is 0. The van der Waals surface area contributed by atoms with Crippen molar-refractivity contribution in [2.45, 2.75) is 20.0 Å². The summed E-state index contributed by atoms with van der Waals surface area (Å²) in [7, 11) is 0. The number of amides is 1. The highest BCUT2D eigenvalue weighted by Gasteiger charge is 2.16. The smallest absolute Gasteiger partial charge is 0.219 e. The second kappa shape index (κ2) is 2.66. The number of carbonyl (C=O) groups excluding carboxylic acids is 1. The zero-order valence-electron chi connectivity index (χ0n) is 7.16. The van der Waals surface area contributed by atoms with Crippen LogP contribution >= 0.6 is 0 Å². The molecule has 0 radical (unpaired) electrons. The van der Waals surface area contributed by atoms with E-state index in [1.54, 1.807) is 6.92 Å². The Bertz CT molecular complexity index is 303. The van der Waals surface area contributed by atoms with Crippen LogP contribution in [0.2, 0.25) is 0 Å². The van der Waals surface area contributed by atoms with Crippen LogP contribution in [0.5, 0.6) is 0 Å². The summed E-state index contributed by atoms with van der Waals surface area (Å²) in [5.74, 6) is 0.169. The van der Waals surface area contributed by atoms with E-state index in [4.69, 9.17) is 0 Å². The molecule has 1 aliphatic rings. The molecule has 0 aromatic carbocycles. The van der Waals surface area contributed by atoms with Crippen LogP contribution in [0.4, 0.5) is 0 Å². The van der Waals surface area contributed by atoms with E-state index in [-0.39, 0.29) is 5.91 Å². The Kier molecular flexibility index (Phi) is 1.64. The van der Waals surface area contributed by atoms with E-state index in [0.717, 1.165) is 19.6 Å². The van der Waals surface area contributed by atoms with Crippen LogP contribution in [0.25, 0.3) is 0 Å². The van der Waals surface area contributed by atoms with Gasteiger partial charge in [0.1, 0.15) is 0 Å². The first-order valence-corrected chi connectivity index (χ1v) is 4.17. The van der Waals surface area contributed by atoms with Crippen LogP contribution in [0.1, 0.15) is 12.6 Å². The van der Waals surface area contributed by atoms with Crippen LogP contribution < -0.4 is 0 Å². The molecule has 0 N–H and O–H groups in total. The predicted molar refractivity (Wildman–Crippen MR) is 45.5 cm³/mol. The number of nitrogens with zero attached hydrogens (tertiary/aromatic N) is 2. The Morgan fingerprint density at radius 1 is 1.50 bits per heavy atom. The summed E-state index contributed by atoms with van der Waals surface area (Å²) in [6, 6.07) is 4.09. The summed E-state index contributed by atoms with van der Waals surface area (Å²) in [5, 5.41) is 0. The zero-order valence-corrected chi connectivity index (χ0v) is 7.16. The molecular weight excluding hydrogens is 152 g/mol. The Balaban J connectivity index is 2.20. The van der Waals surface area contributed by atoms with Crippen molar-refractivity contribution in [3.8, 4) is 0 Å². The number of fused-ring (bicyclic) bond motifs is 1. The molecule has 2 heterocycles. The molecule has 64 valence electrons. The van der Waals surface area contributed by atoms with E-state index >= 15 is 0 Å². The highest BCUT2D eigenvalue weighted by atomic mass is 16.2. The van der Waals surface area contributed by atoms with Gasteiger partial charge in [0.2, 0.25) is 5.91 Å². The zero-order chi connectivity index (χ0) is 8.55. The fraction of sp³-hybridized carbons (Fsp3) is 0.444. The Morgan fingerprint density at radius 3 is 3.08 bits per heavy atom. The molecule has 0 fully saturated rings. The highest BCUT2D eigenvalue weighted by molar-refractivity contribution is 5.73. The SMILES string of the molecule is CC(=O)N1CCn2cccc2C1. The lowest BCUT2D eigenvalue weighted by Gasteiger charge is -2.27. The average Bonchev–Trinajstić information content (AvgIpc) is 2.49. The number of hydrogen-bond acceptors (Lipinski definition) is 1. The van der Waals surface area contributed by atoms with Crippen molar-refractivity contribution in [1.82, 2.24) is 9.47 Å². The molecule has 3 heteroatoms. The lowest BCUT2D eigenvalue weighted by molar-refractivity contribution is -0.130. The summed E-state index contributed by atoms with van der Waals surface area (Å²) in [5.41, 5.74) is 1.23. The van der Waals surface area contributed by atoms with Crippen molar-refractivity contribution in [3.63, 3.8) is 0 Å². The highest BCUT2D eigenvalue weighted by Crippen LogP contribution is 2.12. The van der Waals surface area contributed by atoms with Crippen LogP contribution in [-0.2, 0) is 17.9 Å². The topological polar surface area (TPSA) is 25.2 Å². The van der Waals surface area contributed by atoms with E-state index in [1.165, 1.54) is 5.69 Å². The largest absolute Gasteiger partial charge is 0.348 e. The van der Waals surface area contributed by atoms with Gasteiger partial charge in [-0.3, -0.25) is 4.79 Å². The minimum absolute atomic E-state index is 0.169. The first-order chi connectivity index (χ1) is 5.77. The first-order valence-electron chi connectivity index (χ1n) is 4.17. The van der Waals surface area contributed by atoms with Crippen molar-refractivity contribution < 1.29 is 4.79 Å². The molecular formula is C9H12N2O. The maximum absolute atomic E-state index is 11.0. The maximum Gasteiger partial charge on any atom is 0.219 e. The van der Waals surface area contributed by atoms with Gasteiger partial charge in [-0.2, -0.15) is 0 Å². The van der Waals surface area contributed by atoms with Crippen molar-refractivity contribution in [3.05, 3.63) is 24.0 Å². The predicted octanol–water partition coefficient (Wildman–Crippen LogP) is 0.850. The molecule has 0 bridgehead atoms. The van der Waals surface area contributed by atoms with Crippen molar-refractivity contribution in [1.29, 1.82) is 0 Å². The lowest BCUT2D eigenvalue weighted by Crippen LogP contribution is -2.36. The lowest BCUT2D eigenvalue weighted by atomic mass is 10.3. The number of aromatic nitrogens is 1. The minimum Gasteiger partial charge on any atom is -0.348 e. The molecule has 1 aliphatic heterocycles. The Hall–Kier alpha value is -1.25. The van der Waals surface area contributed by atoms with E-state index in [0.29, 0.717) is 0 Å². The third kappa shape index (κ3) is 1.11. The summed E-state index contributed by atoms with van der Waals surface area (Å²) < 4.78 is 2.19. The van der Waals surface area contributed by atoms with Gasteiger partial charge in [0.15, 0.2) is 0 Å². The van der Waals surface area contributed by atoms with Crippen LogP contribution in [0.3, 0.4) is 0 Å². The molecule has 0 saturated heterocycles. The molecule has 2 rings (SSSR count). The number of hydrogen-bond donors (Lipinski definition) is 0. The average molecular weight is 164 g/mol. The minimum atomic E-state index is 0.169. The van der Waals surface area contributed by atoms with Gasteiger partial charge in [0, 0.05) is 31.9 Å². The summed E-state index contributed by atoms with van der Waals surface area (Å²) >= 11 is 0. The van der Waals surface area contributed by atoms with E-state index in [9.17, 15) is 4.79 Å². The van der Waals surface area contributed by atoms with Gasteiger partial charge in [-0.25, -0.2) is 0 Å². The first kappa shape index (κ1) is 7.40. The second-order valence-electron chi connectivity index (χ2n) is 3.13. The van der Waals surface area contributed by atoms with Crippen LogP contribution in [0.15, 0.2) is 18.3 Å². The summed E-state index contributed by atoms with van der Waals surface area (Å²) in [6.07, 6.45) is 2.06. The molecule has 1 amide bonds. The summed E-state index contributed by atoms with van der Waals surface area (Å²) in [6.45, 7) is 4.17. The van der Waals surface area contributed by atoms with Gasteiger partial charge in [0.25, 0.3) is 0 Å². The third-order valence-corrected chi connectivity index (χ3v) is 2.33. The Labute approximate surface area is 71.6 Å². The molecule has 0 saturated carbocycles. The normalized spacial score (nSPS) is 15.9. The van der Waals surface area contributed by atoms with Gasteiger partial charge in [-0.15, -0.1) is 0 Å². The van der Waals surface area contributed by atoms with Gasteiger partial charge < -0.3 is 9.47 Å². The molecule has 1 aromatic heterocycles. The quantitative estimate of drug-likeness (QED) is 0.558. The number of carbonyl (C=O) groups is 1. The van der Waals surface area contributed by atoms with E-state index < -0.39 is 0 Å². The molecule has 0 unspecified atom stereocenters. The van der Waals surface area contributed by atoms with Gasteiger partial charge in [-0.05, 0) is 12.1 Å². The molecule has 0 aliphatic carbocycles. The van der Waals surface area contributed by atoms with Crippen molar-refractivity contribution in [2.75, 3.05) is 6.54 Å². The van der Waals surface area contributed by atoms with Crippen molar-refractivity contribution >= 4 is 5.91 Å². The molecule has 1 aromatic rings. The molecule has 12 heavy (non-hydrogen) atoms. The monoisotopic (exact) mass is 164 g/mol. The van der Waals surface area contributed by atoms with Gasteiger partial charge in [0.05, 0.1) is 6.54 Å².